The van der Waals surface area contributed by atoms with Gasteiger partial charge < -0.3 is 4.74 Å². The molecule has 0 aromatic heterocycles. The largest absolute Gasteiger partial charge is 0.489 e. The molecule has 0 heterocycles. The number of rotatable bonds is 7. The van der Waals surface area contributed by atoms with Gasteiger partial charge in [0, 0.05) is 23.3 Å². The van der Waals surface area contributed by atoms with Crippen molar-refractivity contribution in [3.63, 3.8) is 0 Å². The van der Waals surface area contributed by atoms with Crippen LogP contribution in [-0.2, 0) is 13.0 Å². The molecule has 144 valence electrons. The Morgan fingerprint density at radius 2 is 1.50 bits per heavy atom. The molecule has 0 amide bonds. The van der Waals surface area contributed by atoms with Crippen molar-refractivity contribution in [2.24, 2.45) is 0 Å². The molecule has 0 saturated carbocycles. The standard InChI is InChI=1S/C24H21F3O/c1-3-5-16-6-8-17(9-7-16)18-10-11-19(22(25)12-18)15-28-20-13-23(26)21(4-2)24(27)14-20/h4,6-14H,2-3,5,15H2,1H3. The summed E-state index contributed by atoms with van der Waals surface area (Å²) in [5.41, 5.74) is 3.03. The molecular formula is C24H21F3O. The van der Waals surface area contributed by atoms with Gasteiger partial charge in [0.25, 0.3) is 0 Å². The van der Waals surface area contributed by atoms with Gasteiger partial charge in [0.15, 0.2) is 0 Å². The van der Waals surface area contributed by atoms with Gasteiger partial charge in [0.1, 0.15) is 29.8 Å². The lowest BCUT2D eigenvalue weighted by molar-refractivity contribution is 0.296. The molecular weight excluding hydrogens is 361 g/mol. The molecule has 0 unspecified atom stereocenters. The lowest BCUT2D eigenvalue weighted by atomic mass is 10.0. The molecule has 0 radical (unpaired) electrons. The molecule has 0 aliphatic heterocycles. The summed E-state index contributed by atoms with van der Waals surface area (Å²) in [6.45, 7) is 5.36. The summed E-state index contributed by atoms with van der Waals surface area (Å²) in [5.74, 6) is -1.98. The average molecular weight is 382 g/mol. The molecule has 0 fully saturated rings. The highest BCUT2D eigenvalue weighted by atomic mass is 19.1. The van der Waals surface area contributed by atoms with Gasteiger partial charge in [-0.2, -0.15) is 0 Å². The highest BCUT2D eigenvalue weighted by Crippen LogP contribution is 2.25. The molecule has 0 aliphatic rings. The quantitative estimate of drug-likeness (QED) is 0.430. The third kappa shape index (κ3) is 4.45. The molecule has 4 heteroatoms. The van der Waals surface area contributed by atoms with E-state index in [4.69, 9.17) is 4.74 Å². The lowest BCUT2D eigenvalue weighted by Gasteiger charge is -2.10. The Hall–Kier alpha value is -3.01. The molecule has 0 bridgehead atoms. The maximum absolute atomic E-state index is 14.5. The fraction of sp³-hybridized carbons (Fsp3) is 0.167. The van der Waals surface area contributed by atoms with Crippen molar-refractivity contribution < 1.29 is 17.9 Å². The van der Waals surface area contributed by atoms with E-state index in [1.807, 2.05) is 24.3 Å². The predicted octanol–water partition coefficient (Wildman–Crippen LogP) is 6.95. The van der Waals surface area contributed by atoms with Crippen molar-refractivity contribution in [2.75, 3.05) is 0 Å². The minimum atomic E-state index is -0.771. The van der Waals surface area contributed by atoms with Crippen LogP contribution in [0.15, 0.2) is 61.2 Å². The number of hydrogen-bond donors (Lipinski definition) is 0. The fourth-order valence-electron chi connectivity index (χ4n) is 3.00. The normalized spacial score (nSPS) is 10.7. The summed E-state index contributed by atoms with van der Waals surface area (Å²) in [7, 11) is 0. The zero-order valence-corrected chi connectivity index (χ0v) is 15.6. The Labute approximate surface area is 163 Å². The second kappa shape index (κ2) is 8.79. The van der Waals surface area contributed by atoms with Crippen LogP contribution in [0.5, 0.6) is 5.75 Å². The monoisotopic (exact) mass is 382 g/mol. The number of hydrogen-bond acceptors (Lipinski definition) is 1. The molecule has 0 atom stereocenters. The molecule has 3 aromatic rings. The van der Waals surface area contributed by atoms with Crippen LogP contribution in [0.4, 0.5) is 13.2 Å². The SMILES string of the molecule is C=Cc1c(F)cc(OCc2ccc(-c3ccc(CCC)cc3)cc2F)cc1F. The zero-order chi connectivity index (χ0) is 20.1. The lowest BCUT2D eigenvalue weighted by Crippen LogP contribution is -2.00. The van der Waals surface area contributed by atoms with Crippen molar-refractivity contribution in [1.29, 1.82) is 0 Å². The molecule has 1 nitrogen and oxygen atoms in total. The molecule has 28 heavy (non-hydrogen) atoms. The number of aryl methyl sites for hydroxylation is 1. The van der Waals surface area contributed by atoms with Crippen molar-refractivity contribution in [1.82, 2.24) is 0 Å². The van der Waals surface area contributed by atoms with Gasteiger partial charge in [-0.05, 0) is 29.2 Å². The second-order valence-electron chi connectivity index (χ2n) is 6.55. The third-order valence-electron chi connectivity index (χ3n) is 4.53. The Bertz CT molecular complexity index is 955. The van der Waals surface area contributed by atoms with Crippen LogP contribution in [0.3, 0.4) is 0 Å². The van der Waals surface area contributed by atoms with Gasteiger partial charge in [-0.1, -0.05) is 62.4 Å². The third-order valence-corrected chi connectivity index (χ3v) is 4.53. The molecule has 0 aliphatic carbocycles. The smallest absolute Gasteiger partial charge is 0.137 e. The van der Waals surface area contributed by atoms with Crippen LogP contribution < -0.4 is 4.74 Å². The number of halogens is 3. The summed E-state index contributed by atoms with van der Waals surface area (Å²) in [4.78, 5) is 0. The second-order valence-corrected chi connectivity index (χ2v) is 6.55. The summed E-state index contributed by atoms with van der Waals surface area (Å²) < 4.78 is 47.4. The van der Waals surface area contributed by atoms with E-state index in [2.05, 4.69) is 13.5 Å². The minimum Gasteiger partial charge on any atom is -0.489 e. The van der Waals surface area contributed by atoms with Crippen LogP contribution in [-0.4, -0.2) is 0 Å². The zero-order valence-electron chi connectivity index (χ0n) is 15.6. The van der Waals surface area contributed by atoms with Crippen molar-refractivity contribution in [3.05, 3.63) is 95.3 Å². The van der Waals surface area contributed by atoms with Gasteiger partial charge in [-0.15, -0.1) is 0 Å². The maximum atomic E-state index is 14.5. The van der Waals surface area contributed by atoms with E-state index >= 15 is 0 Å². The summed E-state index contributed by atoms with van der Waals surface area (Å²) in [6.07, 6.45) is 3.19. The number of benzene rings is 3. The molecule has 0 N–H and O–H groups in total. The van der Waals surface area contributed by atoms with Gasteiger partial charge >= 0.3 is 0 Å². The molecule has 3 aromatic carbocycles. The topological polar surface area (TPSA) is 9.23 Å². The summed E-state index contributed by atoms with van der Waals surface area (Å²) >= 11 is 0. The fourth-order valence-corrected chi connectivity index (χ4v) is 3.00. The van der Waals surface area contributed by atoms with Crippen LogP contribution in [0.2, 0.25) is 0 Å². The van der Waals surface area contributed by atoms with E-state index in [0.29, 0.717) is 5.56 Å². The first-order valence-corrected chi connectivity index (χ1v) is 9.13. The van der Waals surface area contributed by atoms with Crippen molar-refractivity contribution >= 4 is 6.08 Å². The highest BCUT2D eigenvalue weighted by Gasteiger charge is 2.11. The van der Waals surface area contributed by atoms with E-state index in [-0.39, 0.29) is 17.9 Å². The average Bonchev–Trinajstić information content (AvgIpc) is 2.68. The van der Waals surface area contributed by atoms with Crippen LogP contribution in [0, 0.1) is 17.5 Å². The molecule has 3 rings (SSSR count). The Morgan fingerprint density at radius 3 is 2.07 bits per heavy atom. The summed E-state index contributed by atoms with van der Waals surface area (Å²) in [5, 5.41) is 0. The minimum absolute atomic E-state index is 0.00408. The molecule has 0 spiro atoms. The van der Waals surface area contributed by atoms with E-state index in [9.17, 15) is 13.2 Å². The van der Waals surface area contributed by atoms with Crippen molar-refractivity contribution in [2.45, 2.75) is 26.4 Å². The molecule has 0 saturated heterocycles. The Balaban J connectivity index is 1.73. The van der Waals surface area contributed by atoms with Crippen LogP contribution in [0.25, 0.3) is 17.2 Å². The highest BCUT2D eigenvalue weighted by molar-refractivity contribution is 5.64. The van der Waals surface area contributed by atoms with Gasteiger partial charge in [0.05, 0.1) is 0 Å². The van der Waals surface area contributed by atoms with E-state index in [0.717, 1.165) is 42.2 Å². The first kappa shape index (κ1) is 19.7. The van der Waals surface area contributed by atoms with Gasteiger partial charge in [-0.3, -0.25) is 0 Å². The first-order valence-electron chi connectivity index (χ1n) is 9.13. The van der Waals surface area contributed by atoms with Gasteiger partial charge in [0.2, 0.25) is 0 Å². The van der Waals surface area contributed by atoms with E-state index in [1.54, 1.807) is 12.1 Å². The van der Waals surface area contributed by atoms with Crippen molar-refractivity contribution in [3.8, 4) is 16.9 Å². The predicted molar refractivity (Wildman–Crippen MR) is 107 cm³/mol. The maximum Gasteiger partial charge on any atom is 0.137 e. The van der Waals surface area contributed by atoms with Crippen LogP contribution in [0.1, 0.15) is 30.0 Å². The Morgan fingerprint density at radius 1 is 0.857 bits per heavy atom. The number of ether oxygens (including phenoxy) is 1. The summed E-state index contributed by atoms with van der Waals surface area (Å²) in [6, 6.07) is 15.0. The van der Waals surface area contributed by atoms with E-state index < -0.39 is 17.5 Å². The van der Waals surface area contributed by atoms with Gasteiger partial charge in [-0.25, -0.2) is 13.2 Å². The van der Waals surface area contributed by atoms with E-state index in [1.165, 1.54) is 11.6 Å². The Kier molecular flexibility index (Phi) is 6.19. The van der Waals surface area contributed by atoms with Crippen LogP contribution >= 0.6 is 0 Å². The first-order chi connectivity index (χ1) is 13.5.